The third-order valence-corrected chi connectivity index (χ3v) is 2.75. The van der Waals surface area contributed by atoms with Crippen LogP contribution in [-0.4, -0.2) is 19.6 Å². The number of thiazole rings is 1. The fraction of sp³-hybridized carbons (Fsp3) is 0.333. The molecule has 0 fully saturated rings. The van der Waals surface area contributed by atoms with Gasteiger partial charge in [0, 0.05) is 17.3 Å². The maximum atomic E-state index is 8.84. The van der Waals surface area contributed by atoms with Crippen LogP contribution in [0.25, 0.3) is 0 Å². The summed E-state index contributed by atoms with van der Waals surface area (Å²) >= 11 is 1.68. The van der Waals surface area contributed by atoms with Crippen LogP contribution < -0.4 is 0 Å². The lowest BCUT2D eigenvalue weighted by Gasteiger charge is -1.96. The number of aliphatic hydroxyl groups is 1. The summed E-state index contributed by atoms with van der Waals surface area (Å²) in [5.74, 6) is 0. The van der Waals surface area contributed by atoms with Crippen molar-refractivity contribution in [3.05, 3.63) is 34.3 Å². The molecule has 0 aliphatic carbocycles. The molecule has 0 spiro atoms. The van der Waals surface area contributed by atoms with Crippen molar-refractivity contribution in [3.63, 3.8) is 0 Å². The first-order valence-electron chi connectivity index (χ1n) is 4.31. The van der Waals surface area contributed by atoms with Gasteiger partial charge in [-0.15, -0.1) is 11.3 Å². The van der Waals surface area contributed by atoms with Crippen molar-refractivity contribution < 1.29 is 5.11 Å². The number of nitrogens with zero attached hydrogens (tertiary/aromatic N) is 3. The largest absolute Gasteiger partial charge is 0.390 e. The van der Waals surface area contributed by atoms with Crippen molar-refractivity contribution in [2.45, 2.75) is 20.1 Å². The van der Waals surface area contributed by atoms with Crippen molar-refractivity contribution in [3.8, 4) is 0 Å². The first kappa shape index (κ1) is 9.36. The molecule has 0 saturated carbocycles. The molecule has 4 nitrogen and oxygen atoms in total. The van der Waals surface area contributed by atoms with Gasteiger partial charge in [0.05, 0.1) is 30.2 Å². The Morgan fingerprint density at radius 2 is 2.36 bits per heavy atom. The van der Waals surface area contributed by atoms with Crippen molar-refractivity contribution in [2.75, 3.05) is 0 Å². The molecule has 14 heavy (non-hydrogen) atoms. The molecule has 5 heteroatoms. The molecule has 0 aromatic carbocycles. The van der Waals surface area contributed by atoms with Gasteiger partial charge in [-0.3, -0.25) is 0 Å². The number of aliphatic hydroxyl groups excluding tert-OH is 1. The highest BCUT2D eigenvalue weighted by Gasteiger charge is 2.01. The van der Waals surface area contributed by atoms with Crippen LogP contribution in [0.4, 0.5) is 0 Å². The number of aryl methyl sites for hydroxylation is 1. The minimum Gasteiger partial charge on any atom is -0.390 e. The molecule has 0 unspecified atom stereocenters. The van der Waals surface area contributed by atoms with Gasteiger partial charge in [-0.05, 0) is 6.92 Å². The average Bonchev–Trinajstić information content (AvgIpc) is 2.76. The van der Waals surface area contributed by atoms with Crippen LogP contribution in [0.2, 0.25) is 0 Å². The van der Waals surface area contributed by atoms with Gasteiger partial charge < -0.3 is 9.67 Å². The Morgan fingerprint density at radius 1 is 1.50 bits per heavy atom. The molecule has 0 radical (unpaired) electrons. The molecule has 2 aromatic heterocycles. The Labute approximate surface area is 85.9 Å². The molecular weight excluding hydrogens is 198 g/mol. The van der Waals surface area contributed by atoms with Gasteiger partial charge >= 0.3 is 0 Å². The van der Waals surface area contributed by atoms with Gasteiger partial charge in [0.15, 0.2) is 0 Å². The zero-order valence-corrected chi connectivity index (χ0v) is 8.66. The molecule has 74 valence electrons. The van der Waals surface area contributed by atoms with Crippen LogP contribution in [0.15, 0.2) is 18.7 Å². The highest BCUT2D eigenvalue weighted by atomic mass is 32.1. The van der Waals surface area contributed by atoms with E-state index in [2.05, 4.69) is 9.97 Å². The van der Waals surface area contributed by atoms with Gasteiger partial charge in [0.25, 0.3) is 0 Å². The van der Waals surface area contributed by atoms with Gasteiger partial charge in [-0.1, -0.05) is 0 Å². The quantitative estimate of drug-likeness (QED) is 0.826. The maximum Gasteiger partial charge on any atom is 0.0953 e. The number of imidazole rings is 1. The second-order valence-corrected chi connectivity index (χ2v) is 4.36. The van der Waals surface area contributed by atoms with E-state index in [9.17, 15) is 0 Å². The molecule has 0 saturated heterocycles. The van der Waals surface area contributed by atoms with E-state index in [1.807, 2.05) is 23.9 Å². The van der Waals surface area contributed by atoms with E-state index in [0.717, 1.165) is 11.6 Å². The van der Waals surface area contributed by atoms with Crippen LogP contribution in [0.1, 0.15) is 15.6 Å². The Morgan fingerprint density at radius 3 is 2.93 bits per heavy atom. The van der Waals surface area contributed by atoms with E-state index in [1.165, 1.54) is 4.88 Å². The summed E-state index contributed by atoms with van der Waals surface area (Å²) in [6.07, 6.45) is 5.44. The molecule has 0 atom stereocenters. The highest BCUT2D eigenvalue weighted by molar-refractivity contribution is 7.11. The molecular formula is C9H11N3OS. The predicted octanol–water partition coefficient (Wildman–Crippen LogP) is 1.19. The molecule has 0 amide bonds. The third kappa shape index (κ3) is 2.00. The molecule has 0 aliphatic rings. The Balaban J connectivity index is 2.10. The SMILES string of the molecule is Cc1ncc(Cn2cnc(CO)c2)s1. The molecule has 1 N–H and O–H groups in total. The normalized spacial score (nSPS) is 10.7. The summed E-state index contributed by atoms with van der Waals surface area (Å²) in [5.41, 5.74) is 0.700. The van der Waals surface area contributed by atoms with E-state index < -0.39 is 0 Å². The smallest absolute Gasteiger partial charge is 0.0953 e. The lowest BCUT2D eigenvalue weighted by Crippen LogP contribution is -1.93. The summed E-state index contributed by atoms with van der Waals surface area (Å²) in [6.45, 7) is 2.76. The predicted molar refractivity (Wildman–Crippen MR) is 54.1 cm³/mol. The standard InChI is InChI=1S/C9H11N3OS/c1-7-10-2-9(14-7)4-12-3-8(5-13)11-6-12/h2-3,6,13H,4-5H2,1H3. The maximum absolute atomic E-state index is 8.84. The third-order valence-electron chi connectivity index (χ3n) is 1.86. The zero-order valence-electron chi connectivity index (χ0n) is 7.84. The number of aromatic nitrogens is 3. The summed E-state index contributed by atoms with van der Waals surface area (Å²) in [4.78, 5) is 9.41. The van der Waals surface area contributed by atoms with Crippen LogP contribution >= 0.6 is 11.3 Å². The van der Waals surface area contributed by atoms with Gasteiger partial charge in [0.2, 0.25) is 0 Å². The molecule has 0 bridgehead atoms. The van der Waals surface area contributed by atoms with Crippen molar-refractivity contribution in [1.29, 1.82) is 0 Å². The Hall–Kier alpha value is -1.20. The minimum absolute atomic E-state index is 0.00524. The average molecular weight is 209 g/mol. The van der Waals surface area contributed by atoms with Crippen molar-refractivity contribution in [2.24, 2.45) is 0 Å². The topological polar surface area (TPSA) is 50.9 Å². The van der Waals surface area contributed by atoms with E-state index in [1.54, 1.807) is 17.7 Å². The monoisotopic (exact) mass is 209 g/mol. The molecule has 2 rings (SSSR count). The van der Waals surface area contributed by atoms with Crippen LogP contribution in [0.3, 0.4) is 0 Å². The fourth-order valence-electron chi connectivity index (χ4n) is 1.23. The van der Waals surface area contributed by atoms with E-state index in [4.69, 9.17) is 5.11 Å². The summed E-state index contributed by atoms with van der Waals surface area (Å²) in [6, 6.07) is 0. The number of hydrogen-bond donors (Lipinski definition) is 1. The van der Waals surface area contributed by atoms with Crippen molar-refractivity contribution >= 4 is 11.3 Å². The van der Waals surface area contributed by atoms with Crippen LogP contribution in [0.5, 0.6) is 0 Å². The second kappa shape index (κ2) is 3.89. The van der Waals surface area contributed by atoms with E-state index in [-0.39, 0.29) is 6.61 Å². The van der Waals surface area contributed by atoms with Crippen LogP contribution in [0, 0.1) is 6.92 Å². The molecule has 2 aromatic rings. The minimum atomic E-state index is -0.00524. The Kier molecular flexibility index (Phi) is 2.60. The highest BCUT2D eigenvalue weighted by Crippen LogP contribution is 2.13. The Bertz CT molecular complexity index is 421. The number of rotatable bonds is 3. The van der Waals surface area contributed by atoms with E-state index >= 15 is 0 Å². The van der Waals surface area contributed by atoms with Crippen molar-refractivity contribution in [1.82, 2.24) is 14.5 Å². The second-order valence-electron chi connectivity index (χ2n) is 3.04. The number of hydrogen-bond acceptors (Lipinski definition) is 4. The lowest BCUT2D eigenvalue weighted by atomic mass is 10.5. The van der Waals surface area contributed by atoms with Crippen LogP contribution in [-0.2, 0) is 13.2 Å². The van der Waals surface area contributed by atoms with E-state index in [0.29, 0.717) is 5.69 Å². The first-order chi connectivity index (χ1) is 6.78. The fourth-order valence-corrected chi connectivity index (χ4v) is 2.04. The molecule has 0 aliphatic heterocycles. The van der Waals surface area contributed by atoms with Gasteiger partial charge in [-0.2, -0.15) is 0 Å². The van der Waals surface area contributed by atoms with Gasteiger partial charge in [-0.25, -0.2) is 9.97 Å². The summed E-state index contributed by atoms with van der Waals surface area (Å²) in [5, 5.41) is 9.91. The zero-order chi connectivity index (χ0) is 9.97. The summed E-state index contributed by atoms with van der Waals surface area (Å²) in [7, 11) is 0. The first-order valence-corrected chi connectivity index (χ1v) is 5.12. The van der Waals surface area contributed by atoms with Gasteiger partial charge in [0.1, 0.15) is 0 Å². The lowest BCUT2D eigenvalue weighted by molar-refractivity contribution is 0.277. The molecule has 2 heterocycles. The summed E-state index contributed by atoms with van der Waals surface area (Å²) < 4.78 is 1.94.